The Balaban J connectivity index is 0.00000171. The average molecular weight is 407 g/mol. The highest BCUT2D eigenvalue weighted by Crippen LogP contribution is 2.32. The Morgan fingerprint density at radius 1 is 1.07 bits per heavy atom. The number of anilines is 1. The van der Waals surface area contributed by atoms with E-state index in [0.717, 1.165) is 24.6 Å². The molecule has 0 amide bonds. The summed E-state index contributed by atoms with van der Waals surface area (Å²) < 4.78 is 5.17. The number of rotatable bonds is 8. The maximum atomic E-state index is 8.00. The van der Waals surface area contributed by atoms with Crippen molar-refractivity contribution < 1.29 is 14.3 Å². The lowest BCUT2D eigenvalue weighted by molar-refractivity contribution is -0.0987. The maximum absolute atomic E-state index is 8.00. The summed E-state index contributed by atoms with van der Waals surface area (Å²) in [5, 5.41) is 4.45. The first-order chi connectivity index (χ1) is 13.5. The van der Waals surface area contributed by atoms with Crippen molar-refractivity contribution in [3.8, 4) is 0 Å². The number of benzene rings is 2. The number of carbonyl (C=O) groups is 2. The van der Waals surface area contributed by atoms with E-state index in [1.165, 1.54) is 22.4 Å². The molecule has 2 rings (SSSR count). The summed E-state index contributed by atoms with van der Waals surface area (Å²) in [4.78, 5) is 18.2. The average Bonchev–Trinajstić information content (AvgIpc) is 2.73. The molecule has 0 aliphatic rings. The van der Waals surface area contributed by atoms with Gasteiger partial charge in [0, 0.05) is 38.5 Å². The largest absolute Gasteiger partial charge is 0.385 e. The molecule has 154 valence electrons. The van der Waals surface area contributed by atoms with Gasteiger partial charge >= 0.3 is 0 Å². The number of carbonyl (C=O) groups excluding carboxylic acids is 2. The van der Waals surface area contributed by atoms with Crippen molar-refractivity contribution in [1.82, 2.24) is 5.32 Å². The zero-order valence-electron chi connectivity index (χ0n) is 17.2. The molecule has 0 saturated carbocycles. The summed E-state index contributed by atoms with van der Waals surface area (Å²) in [5.74, 6) is 0. The summed E-state index contributed by atoms with van der Waals surface area (Å²) in [6.07, 6.45) is 0.969. The van der Waals surface area contributed by atoms with E-state index in [0.29, 0.717) is 0 Å². The summed E-state index contributed by atoms with van der Waals surface area (Å²) in [6.45, 7) is 7.77. The van der Waals surface area contributed by atoms with Crippen molar-refractivity contribution in [2.45, 2.75) is 19.4 Å². The van der Waals surface area contributed by atoms with Gasteiger partial charge in [-0.25, -0.2) is 0 Å². The molecule has 0 spiro atoms. The minimum absolute atomic E-state index is 0.0964. The van der Waals surface area contributed by atoms with Crippen LogP contribution in [0.25, 0.3) is 0 Å². The molecular formula is C22H31ClN2O3. The van der Waals surface area contributed by atoms with Crippen LogP contribution >= 0.6 is 11.6 Å². The lowest BCUT2D eigenvalue weighted by atomic mass is 9.93. The Labute approximate surface area is 173 Å². The Kier molecular flexibility index (Phi) is 13.6. The number of nitrogens with one attached hydrogen (secondary N) is 1. The van der Waals surface area contributed by atoms with E-state index in [2.05, 4.69) is 67.6 Å². The van der Waals surface area contributed by atoms with Gasteiger partial charge in [0.2, 0.25) is 0 Å². The van der Waals surface area contributed by atoms with E-state index in [1.54, 1.807) is 7.11 Å². The molecule has 0 aromatic heterocycles. The monoisotopic (exact) mass is 406 g/mol. The molecule has 0 fully saturated rings. The van der Waals surface area contributed by atoms with Gasteiger partial charge in [-0.2, -0.15) is 0 Å². The predicted molar refractivity (Wildman–Crippen MR) is 118 cm³/mol. The fourth-order valence-electron chi connectivity index (χ4n) is 2.91. The minimum Gasteiger partial charge on any atom is -0.385 e. The Hall–Kier alpha value is -2.21. The van der Waals surface area contributed by atoms with Crippen LogP contribution in [0.15, 0.2) is 42.5 Å². The maximum Gasteiger partial charge on any atom is 0.106 e. The van der Waals surface area contributed by atoms with Crippen LogP contribution in [0.4, 0.5) is 5.69 Å². The highest BCUT2D eigenvalue weighted by atomic mass is 35.5. The van der Waals surface area contributed by atoms with Crippen LogP contribution in [-0.4, -0.2) is 47.9 Å². The lowest BCUT2D eigenvalue weighted by Crippen LogP contribution is -2.27. The Bertz CT molecular complexity index is 693. The van der Waals surface area contributed by atoms with Crippen molar-refractivity contribution in [2.75, 3.05) is 39.3 Å². The van der Waals surface area contributed by atoms with Crippen LogP contribution in [-0.2, 0) is 14.3 Å². The molecular weight excluding hydrogens is 376 g/mol. The number of methoxy groups -OCH3 is 1. The molecule has 0 aliphatic carbocycles. The fraction of sp³-hybridized carbons (Fsp3) is 0.364. The number of hydrogen-bond acceptors (Lipinski definition) is 5. The first-order valence-electron chi connectivity index (χ1n) is 8.87. The summed E-state index contributed by atoms with van der Waals surface area (Å²) in [5.41, 5.74) is 4.91. The highest BCUT2D eigenvalue weighted by molar-refractivity contribution is 6.30. The molecule has 2 aromatic rings. The minimum atomic E-state index is 0.0964. The van der Waals surface area contributed by atoms with Crippen LogP contribution in [0.3, 0.4) is 0 Å². The van der Waals surface area contributed by atoms with Crippen LogP contribution in [0.2, 0.25) is 5.02 Å². The first kappa shape index (κ1) is 25.8. The van der Waals surface area contributed by atoms with Crippen molar-refractivity contribution >= 4 is 30.9 Å². The van der Waals surface area contributed by atoms with Crippen molar-refractivity contribution in [3.63, 3.8) is 0 Å². The molecule has 28 heavy (non-hydrogen) atoms. The molecule has 1 N–H and O–H groups in total. The predicted octanol–water partition coefficient (Wildman–Crippen LogP) is 4.06. The summed E-state index contributed by atoms with van der Waals surface area (Å²) in [6, 6.07) is 14.7. The molecule has 0 aliphatic heterocycles. The van der Waals surface area contributed by atoms with E-state index in [4.69, 9.17) is 25.9 Å². The lowest BCUT2D eigenvalue weighted by Gasteiger charge is -2.27. The van der Waals surface area contributed by atoms with Gasteiger partial charge < -0.3 is 24.5 Å². The van der Waals surface area contributed by atoms with Gasteiger partial charge in [0.1, 0.15) is 13.6 Å². The normalized spacial score (nSPS) is 10.8. The second-order valence-corrected chi connectivity index (χ2v) is 6.62. The van der Waals surface area contributed by atoms with E-state index >= 15 is 0 Å². The first-order valence-corrected chi connectivity index (χ1v) is 9.24. The number of hydrogen-bond donors (Lipinski definition) is 1. The van der Waals surface area contributed by atoms with Gasteiger partial charge in [0.05, 0.1) is 6.04 Å². The van der Waals surface area contributed by atoms with E-state index < -0.39 is 0 Å². The van der Waals surface area contributed by atoms with Gasteiger partial charge in [-0.05, 0) is 54.8 Å². The quantitative estimate of drug-likeness (QED) is 0.670. The third-order valence-electron chi connectivity index (χ3n) is 4.16. The second kappa shape index (κ2) is 14.8. The van der Waals surface area contributed by atoms with E-state index in [9.17, 15) is 0 Å². The van der Waals surface area contributed by atoms with Crippen molar-refractivity contribution in [1.29, 1.82) is 0 Å². The Morgan fingerprint density at radius 2 is 1.71 bits per heavy atom. The molecule has 0 saturated heterocycles. The molecule has 1 unspecified atom stereocenters. The molecule has 0 bridgehead atoms. The molecule has 0 radical (unpaired) electrons. The van der Waals surface area contributed by atoms with Crippen molar-refractivity contribution in [3.05, 3.63) is 64.2 Å². The number of halogens is 1. The zero-order valence-corrected chi connectivity index (χ0v) is 18.0. The topological polar surface area (TPSA) is 58.6 Å². The highest BCUT2D eigenvalue weighted by Gasteiger charge is 2.19. The van der Waals surface area contributed by atoms with Crippen LogP contribution in [0, 0.1) is 6.92 Å². The number of aryl methyl sites for hydroxylation is 1. The molecule has 6 heteroatoms. The van der Waals surface area contributed by atoms with Crippen molar-refractivity contribution in [2.24, 2.45) is 0 Å². The SMILES string of the molecule is C=O.C=O.COCCCNC(c1cc(Cl)ccc1C)c1ccccc1N(C)C. The van der Waals surface area contributed by atoms with Crippen LogP contribution in [0.5, 0.6) is 0 Å². The summed E-state index contributed by atoms with van der Waals surface area (Å²) in [7, 11) is 5.89. The standard InChI is InChI=1S/C20H27ClN2O.2CH2O/c1-15-10-11-16(21)14-18(15)20(22-12-7-13-24-4)17-8-5-6-9-19(17)23(2)3;2*1-2/h5-6,8-11,14,20,22H,7,12-13H2,1-4H3;2*1H2. The number of para-hydroxylation sites is 1. The molecule has 5 nitrogen and oxygen atoms in total. The Morgan fingerprint density at radius 3 is 2.32 bits per heavy atom. The van der Waals surface area contributed by atoms with Gasteiger partial charge in [-0.3, -0.25) is 0 Å². The van der Waals surface area contributed by atoms with E-state index in [1.807, 2.05) is 19.6 Å². The van der Waals surface area contributed by atoms with E-state index in [-0.39, 0.29) is 6.04 Å². The van der Waals surface area contributed by atoms with Gasteiger partial charge in [-0.1, -0.05) is 35.9 Å². The zero-order chi connectivity index (χ0) is 21.5. The van der Waals surface area contributed by atoms with Gasteiger partial charge in [-0.15, -0.1) is 0 Å². The van der Waals surface area contributed by atoms with Crippen LogP contribution < -0.4 is 10.2 Å². The number of ether oxygens (including phenoxy) is 1. The molecule has 0 heterocycles. The number of nitrogens with zero attached hydrogens (tertiary/aromatic N) is 1. The third kappa shape index (κ3) is 7.80. The summed E-state index contributed by atoms with van der Waals surface area (Å²) >= 11 is 6.28. The molecule has 2 aromatic carbocycles. The van der Waals surface area contributed by atoms with Gasteiger partial charge in [0.15, 0.2) is 0 Å². The smallest absolute Gasteiger partial charge is 0.106 e. The molecule has 1 atom stereocenters. The van der Waals surface area contributed by atoms with Crippen LogP contribution in [0.1, 0.15) is 29.2 Å². The third-order valence-corrected chi connectivity index (χ3v) is 4.39. The van der Waals surface area contributed by atoms with Gasteiger partial charge in [0.25, 0.3) is 0 Å². The second-order valence-electron chi connectivity index (χ2n) is 6.19. The fourth-order valence-corrected chi connectivity index (χ4v) is 3.09.